The van der Waals surface area contributed by atoms with E-state index in [0.29, 0.717) is 6.42 Å². The van der Waals surface area contributed by atoms with E-state index in [2.05, 4.69) is 18.0 Å². The molecule has 0 aromatic heterocycles. The molecule has 0 bridgehead atoms. The van der Waals surface area contributed by atoms with Crippen LogP contribution >= 0.6 is 0 Å². The largest absolute Gasteiger partial charge is 0.397 e. The molecule has 21 heavy (non-hydrogen) atoms. The third kappa shape index (κ3) is 17.8. The van der Waals surface area contributed by atoms with Crippen LogP contribution in [0.3, 0.4) is 0 Å². The highest BCUT2D eigenvalue weighted by molar-refractivity contribution is 7.80. The molecular formula is C16H34O4S. The average Bonchev–Trinajstić information content (AvgIpc) is 2.40. The highest BCUT2D eigenvalue weighted by Gasteiger charge is 2.04. The highest BCUT2D eigenvalue weighted by atomic mass is 32.3. The van der Waals surface area contributed by atoms with E-state index in [1.54, 1.807) is 0 Å². The summed E-state index contributed by atoms with van der Waals surface area (Å²) in [5.74, 6) is 0.828. The minimum absolute atomic E-state index is 0.0903. The molecule has 0 aliphatic rings. The lowest BCUT2D eigenvalue weighted by atomic mass is 9.96. The number of unbranched alkanes of at least 4 members (excludes halogenated alkanes) is 8. The SMILES string of the molecule is CCCCCCCC(C)CCCCCCCOS(=O)(=O)O. The van der Waals surface area contributed by atoms with E-state index in [9.17, 15) is 8.42 Å². The zero-order valence-corrected chi connectivity index (χ0v) is 14.7. The van der Waals surface area contributed by atoms with Crippen molar-refractivity contribution in [2.24, 2.45) is 5.92 Å². The summed E-state index contributed by atoms with van der Waals surface area (Å²) in [5, 5.41) is 0. The number of rotatable bonds is 15. The Kier molecular flexibility index (Phi) is 13.4. The van der Waals surface area contributed by atoms with E-state index in [1.807, 2.05) is 0 Å². The second-order valence-corrected chi connectivity index (χ2v) is 7.21. The first kappa shape index (κ1) is 20.9. The van der Waals surface area contributed by atoms with E-state index in [4.69, 9.17) is 4.55 Å². The Morgan fingerprint density at radius 3 is 1.86 bits per heavy atom. The first-order valence-corrected chi connectivity index (χ1v) is 9.94. The molecule has 1 N–H and O–H groups in total. The zero-order chi connectivity index (χ0) is 16.0. The second kappa shape index (κ2) is 13.5. The maximum Gasteiger partial charge on any atom is 0.397 e. The van der Waals surface area contributed by atoms with Crippen molar-refractivity contribution in [3.05, 3.63) is 0 Å². The van der Waals surface area contributed by atoms with Crippen molar-refractivity contribution in [3.8, 4) is 0 Å². The van der Waals surface area contributed by atoms with Gasteiger partial charge in [-0.05, 0) is 12.3 Å². The van der Waals surface area contributed by atoms with Crippen LogP contribution in [0.15, 0.2) is 0 Å². The summed E-state index contributed by atoms with van der Waals surface area (Å²) in [6.45, 7) is 4.68. The molecule has 0 aliphatic carbocycles. The Morgan fingerprint density at radius 1 is 0.857 bits per heavy atom. The van der Waals surface area contributed by atoms with Crippen LogP contribution in [0.2, 0.25) is 0 Å². The van der Waals surface area contributed by atoms with Gasteiger partial charge in [0.2, 0.25) is 0 Å². The quantitative estimate of drug-likeness (QED) is 0.335. The molecule has 0 rings (SSSR count). The first-order valence-electron chi connectivity index (χ1n) is 8.57. The number of hydrogen-bond donors (Lipinski definition) is 1. The van der Waals surface area contributed by atoms with Crippen molar-refractivity contribution in [1.29, 1.82) is 0 Å². The summed E-state index contributed by atoms with van der Waals surface area (Å²) in [6, 6.07) is 0. The van der Waals surface area contributed by atoms with Crippen molar-refractivity contribution >= 4 is 10.4 Å². The van der Waals surface area contributed by atoms with Gasteiger partial charge in [-0.1, -0.05) is 84.5 Å². The molecule has 1 atom stereocenters. The van der Waals surface area contributed by atoms with Gasteiger partial charge >= 0.3 is 10.4 Å². The maximum atomic E-state index is 10.3. The standard InChI is InChI=1S/C16H34O4S/c1-3-4-5-7-10-13-16(2)14-11-8-6-9-12-15-20-21(17,18)19/h16H,3-15H2,1-2H3,(H,17,18,19). The lowest BCUT2D eigenvalue weighted by Crippen LogP contribution is -2.04. The van der Waals surface area contributed by atoms with Gasteiger partial charge in [-0.2, -0.15) is 8.42 Å². The molecule has 128 valence electrons. The molecule has 0 aromatic carbocycles. The Balaban J connectivity index is 3.23. The highest BCUT2D eigenvalue weighted by Crippen LogP contribution is 2.18. The van der Waals surface area contributed by atoms with E-state index < -0.39 is 10.4 Å². The van der Waals surface area contributed by atoms with Crippen molar-refractivity contribution in [3.63, 3.8) is 0 Å². The molecule has 0 aliphatic heterocycles. The summed E-state index contributed by atoms with van der Waals surface area (Å²) in [4.78, 5) is 0. The van der Waals surface area contributed by atoms with E-state index in [0.717, 1.165) is 18.8 Å². The van der Waals surface area contributed by atoms with Crippen LogP contribution in [0.1, 0.15) is 90.9 Å². The Hall–Kier alpha value is -0.130. The first-order chi connectivity index (χ1) is 9.95. The van der Waals surface area contributed by atoms with Crippen molar-refractivity contribution in [2.45, 2.75) is 90.9 Å². The lowest BCUT2D eigenvalue weighted by Gasteiger charge is -2.10. The van der Waals surface area contributed by atoms with E-state index >= 15 is 0 Å². The summed E-state index contributed by atoms with van der Waals surface area (Å²) in [5.41, 5.74) is 0. The van der Waals surface area contributed by atoms with Gasteiger partial charge in [0.15, 0.2) is 0 Å². The Morgan fingerprint density at radius 2 is 1.33 bits per heavy atom. The summed E-state index contributed by atoms with van der Waals surface area (Å²) in [6.07, 6.45) is 14.7. The zero-order valence-electron chi connectivity index (χ0n) is 13.8. The van der Waals surface area contributed by atoms with Crippen LogP contribution in [-0.2, 0) is 14.6 Å². The molecule has 0 heterocycles. The minimum atomic E-state index is -4.25. The van der Waals surface area contributed by atoms with Crippen molar-refractivity contribution in [1.82, 2.24) is 0 Å². The van der Waals surface area contributed by atoms with Gasteiger partial charge in [-0.3, -0.25) is 4.55 Å². The van der Waals surface area contributed by atoms with Crippen molar-refractivity contribution in [2.75, 3.05) is 6.61 Å². The summed E-state index contributed by atoms with van der Waals surface area (Å²) < 4.78 is 33.3. The van der Waals surface area contributed by atoms with Gasteiger partial charge < -0.3 is 0 Å². The monoisotopic (exact) mass is 322 g/mol. The van der Waals surface area contributed by atoms with Crippen LogP contribution in [0, 0.1) is 5.92 Å². The van der Waals surface area contributed by atoms with Crippen LogP contribution in [0.4, 0.5) is 0 Å². The maximum absolute atomic E-state index is 10.3. The molecule has 0 aromatic rings. The fraction of sp³-hybridized carbons (Fsp3) is 1.00. The minimum Gasteiger partial charge on any atom is -0.264 e. The van der Waals surface area contributed by atoms with Gasteiger partial charge in [-0.15, -0.1) is 0 Å². The lowest BCUT2D eigenvalue weighted by molar-refractivity contribution is 0.261. The molecular weight excluding hydrogens is 288 g/mol. The molecule has 0 fully saturated rings. The Bertz CT molecular complexity index is 314. The normalized spacial score (nSPS) is 13.5. The molecule has 4 nitrogen and oxygen atoms in total. The summed E-state index contributed by atoms with van der Waals surface area (Å²) in [7, 11) is -4.25. The van der Waals surface area contributed by atoms with E-state index in [1.165, 1.54) is 57.8 Å². The van der Waals surface area contributed by atoms with Crippen LogP contribution in [-0.4, -0.2) is 19.6 Å². The fourth-order valence-corrected chi connectivity index (χ4v) is 2.86. The van der Waals surface area contributed by atoms with Gasteiger partial charge in [0.25, 0.3) is 0 Å². The van der Waals surface area contributed by atoms with Crippen molar-refractivity contribution < 1.29 is 17.2 Å². The molecule has 5 heteroatoms. The third-order valence-electron chi connectivity index (χ3n) is 3.87. The predicted molar refractivity (Wildman–Crippen MR) is 87.7 cm³/mol. The average molecular weight is 323 g/mol. The smallest absolute Gasteiger partial charge is 0.264 e. The topological polar surface area (TPSA) is 63.6 Å². The van der Waals surface area contributed by atoms with E-state index in [-0.39, 0.29) is 6.61 Å². The predicted octanol–water partition coefficient (Wildman–Crippen LogP) is 5.14. The Labute approximate surface area is 131 Å². The van der Waals surface area contributed by atoms with Gasteiger partial charge in [0.1, 0.15) is 0 Å². The molecule has 0 amide bonds. The fourth-order valence-electron chi connectivity index (χ4n) is 2.53. The third-order valence-corrected chi connectivity index (χ3v) is 4.34. The van der Waals surface area contributed by atoms with Gasteiger partial charge in [0, 0.05) is 0 Å². The van der Waals surface area contributed by atoms with Crippen LogP contribution < -0.4 is 0 Å². The molecule has 0 radical (unpaired) electrons. The van der Waals surface area contributed by atoms with Gasteiger partial charge in [0.05, 0.1) is 6.61 Å². The molecule has 0 saturated carbocycles. The summed E-state index contributed by atoms with van der Waals surface area (Å²) >= 11 is 0. The molecule has 0 saturated heterocycles. The second-order valence-electron chi connectivity index (χ2n) is 6.11. The number of hydrogen-bond acceptors (Lipinski definition) is 3. The molecule has 0 spiro atoms. The van der Waals surface area contributed by atoms with Crippen LogP contribution in [0.5, 0.6) is 0 Å². The van der Waals surface area contributed by atoms with Crippen LogP contribution in [0.25, 0.3) is 0 Å². The molecule has 1 unspecified atom stereocenters. The van der Waals surface area contributed by atoms with Gasteiger partial charge in [-0.25, -0.2) is 4.18 Å².